The molecule has 0 unspecified atom stereocenters. The van der Waals surface area contributed by atoms with E-state index in [9.17, 15) is 13.2 Å². The molecule has 4 rings (SSSR count). The van der Waals surface area contributed by atoms with Crippen molar-refractivity contribution < 1.29 is 13.2 Å². The molecule has 0 spiro atoms. The van der Waals surface area contributed by atoms with Crippen molar-refractivity contribution in [2.24, 2.45) is 0 Å². The fourth-order valence-corrected chi connectivity index (χ4v) is 5.45. The number of hydrogen-bond acceptors (Lipinski definition) is 4. The minimum atomic E-state index is -3.94. The largest absolute Gasteiger partial charge is 0.358 e. The van der Waals surface area contributed by atoms with Crippen LogP contribution in [-0.2, 0) is 27.8 Å². The first-order valence-corrected chi connectivity index (χ1v) is 10.5. The van der Waals surface area contributed by atoms with Gasteiger partial charge in [0.2, 0.25) is 15.9 Å². The van der Waals surface area contributed by atoms with E-state index in [2.05, 4.69) is 10.3 Å². The maximum Gasteiger partial charge on any atom is 0.246 e. The standard InChI is InChI=1S/C21H21N3O3S/c1-14-10-16-8-5-9-19(20(16)23-12-14)28(26,27)24-13-17-7-4-3-6-15(17)11-18(24)21(25)22-2/h3-10,12,18H,11,13H2,1-2H3,(H,22,25)/t18-/m0/s1. The Morgan fingerprint density at radius 1 is 1.14 bits per heavy atom. The highest BCUT2D eigenvalue weighted by molar-refractivity contribution is 7.89. The second-order valence-corrected chi connectivity index (χ2v) is 8.85. The smallest absolute Gasteiger partial charge is 0.246 e. The van der Waals surface area contributed by atoms with Crippen LogP contribution in [-0.4, -0.2) is 36.7 Å². The molecule has 1 amide bonds. The normalized spacial score (nSPS) is 17.3. The summed E-state index contributed by atoms with van der Waals surface area (Å²) in [6.45, 7) is 2.07. The lowest BCUT2D eigenvalue weighted by Gasteiger charge is -2.34. The number of nitrogens with one attached hydrogen (secondary N) is 1. The van der Waals surface area contributed by atoms with Gasteiger partial charge >= 0.3 is 0 Å². The third-order valence-corrected chi connectivity index (χ3v) is 7.04. The van der Waals surface area contributed by atoms with Gasteiger partial charge in [0.05, 0.1) is 5.52 Å². The number of aryl methyl sites for hydroxylation is 1. The lowest BCUT2D eigenvalue weighted by Crippen LogP contribution is -2.51. The number of pyridine rings is 1. The number of benzene rings is 2. The molecule has 0 radical (unpaired) electrons. The van der Waals surface area contributed by atoms with E-state index >= 15 is 0 Å². The molecule has 0 saturated heterocycles. The van der Waals surface area contributed by atoms with Crippen LogP contribution < -0.4 is 5.32 Å². The van der Waals surface area contributed by atoms with Crippen molar-refractivity contribution in [2.45, 2.75) is 30.8 Å². The molecule has 1 atom stereocenters. The van der Waals surface area contributed by atoms with E-state index in [1.165, 1.54) is 11.4 Å². The fraction of sp³-hybridized carbons (Fsp3) is 0.238. The van der Waals surface area contributed by atoms with Crippen LogP contribution in [0.25, 0.3) is 10.9 Å². The Labute approximate surface area is 164 Å². The number of hydrogen-bond donors (Lipinski definition) is 1. The minimum absolute atomic E-state index is 0.123. The SMILES string of the molecule is CNC(=O)[C@@H]1Cc2ccccc2CN1S(=O)(=O)c1cccc2cc(C)cnc12. The highest BCUT2D eigenvalue weighted by Crippen LogP contribution is 2.31. The first kappa shape index (κ1) is 18.6. The van der Waals surface area contributed by atoms with Gasteiger partial charge in [-0.2, -0.15) is 4.31 Å². The molecule has 0 aliphatic carbocycles. The van der Waals surface area contributed by atoms with Crippen LogP contribution in [0.1, 0.15) is 16.7 Å². The first-order valence-electron chi connectivity index (χ1n) is 9.07. The number of fused-ring (bicyclic) bond motifs is 2. The average Bonchev–Trinajstić information content (AvgIpc) is 2.71. The molecule has 1 aromatic heterocycles. The zero-order valence-electron chi connectivity index (χ0n) is 15.7. The topological polar surface area (TPSA) is 79.4 Å². The van der Waals surface area contributed by atoms with Gasteiger partial charge < -0.3 is 5.32 Å². The van der Waals surface area contributed by atoms with Crippen molar-refractivity contribution in [2.75, 3.05) is 7.05 Å². The molecule has 0 saturated carbocycles. The maximum absolute atomic E-state index is 13.6. The lowest BCUT2D eigenvalue weighted by atomic mass is 9.95. The van der Waals surface area contributed by atoms with E-state index in [1.807, 2.05) is 43.3 Å². The van der Waals surface area contributed by atoms with Crippen molar-refractivity contribution in [3.63, 3.8) is 0 Å². The van der Waals surface area contributed by atoms with E-state index in [4.69, 9.17) is 0 Å². The third kappa shape index (κ3) is 3.06. The Balaban J connectivity index is 1.87. The molecule has 7 heteroatoms. The number of carbonyl (C=O) groups is 1. The number of rotatable bonds is 3. The van der Waals surface area contributed by atoms with Gasteiger partial charge in [-0.1, -0.05) is 36.4 Å². The summed E-state index contributed by atoms with van der Waals surface area (Å²) in [6.07, 6.45) is 2.00. The van der Waals surface area contributed by atoms with Crippen LogP contribution in [0.3, 0.4) is 0 Å². The highest BCUT2D eigenvalue weighted by Gasteiger charge is 2.40. The van der Waals surface area contributed by atoms with Crippen molar-refractivity contribution in [1.82, 2.24) is 14.6 Å². The number of para-hydroxylation sites is 1. The third-order valence-electron chi connectivity index (χ3n) is 5.15. The summed E-state index contributed by atoms with van der Waals surface area (Å²) in [5.74, 6) is -0.317. The molecule has 1 aliphatic heterocycles. The monoisotopic (exact) mass is 395 g/mol. The Morgan fingerprint density at radius 2 is 1.89 bits per heavy atom. The molecule has 0 fully saturated rings. The number of aromatic nitrogens is 1. The molecular weight excluding hydrogens is 374 g/mol. The van der Waals surface area contributed by atoms with E-state index in [-0.39, 0.29) is 17.3 Å². The molecule has 144 valence electrons. The summed E-state index contributed by atoms with van der Waals surface area (Å²) in [5, 5.41) is 3.36. The first-order chi connectivity index (χ1) is 13.4. The van der Waals surface area contributed by atoms with E-state index < -0.39 is 16.1 Å². The average molecular weight is 395 g/mol. The second-order valence-electron chi connectivity index (χ2n) is 6.99. The zero-order valence-corrected chi connectivity index (χ0v) is 16.5. The minimum Gasteiger partial charge on any atom is -0.358 e. The van der Waals surface area contributed by atoms with Crippen LogP contribution in [0, 0.1) is 6.92 Å². The quantitative estimate of drug-likeness (QED) is 0.739. The molecule has 1 N–H and O–H groups in total. The van der Waals surface area contributed by atoms with Gasteiger partial charge in [-0.3, -0.25) is 9.78 Å². The lowest BCUT2D eigenvalue weighted by molar-refractivity contribution is -0.124. The van der Waals surface area contributed by atoms with Crippen molar-refractivity contribution >= 4 is 26.8 Å². The number of carbonyl (C=O) groups excluding carboxylic acids is 1. The number of sulfonamides is 1. The molecule has 3 aromatic rings. The van der Waals surface area contributed by atoms with Crippen LogP contribution >= 0.6 is 0 Å². The molecule has 28 heavy (non-hydrogen) atoms. The van der Waals surface area contributed by atoms with Gasteiger partial charge in [0.1, 0.15) is 10.9 Å². The van der Waals surface area contributed by atoms with E-state index in [0.29, 0.717) is 11.9 Å². The molecule has 2 aromatic carbocycles. The maximum atomic E-state index is 13.6. The fourth-order valence-electron chi connectivity index (χ4n) is 3.72. The van der Waals surface area contributed by atoms with Gasteiger partial charge in [0.15, 0.2) is 0 Å². The summed E-state index contributed by atoms with van der Waals surface area (Å²) >= 11 is 0. The number of likely N-dealkylation sites (N-methyl/N-ethyl adjacent to an activating group) is 1. The molecule has 2 heterocycles. The van der Waals surface area contributed by atoms with Crippen LogP contribution in [0.15, 0.2) is 59.6 Å². The molecular formula is C21H21N3O3S. The van der Waals surface area contributed by atoms with Crippen molar-refractivity contribution in [1.29, 1.82) is 0 Å². The van der Waals surface area contributed by atoms with E-state index in [1.54, 1.807) is 18.3 Å². The van der Waals surface area contributed by atoms with Gasteiger partial charge in [-0.15, -0.1) is 0 Å². The molecule has 0 bridgehead atoms. The molecule has 1 aliphatic rings. The Morgan fingerprint density at radius 3 is 2.64 bits per heavy atom. The van der Waals surface area contributed by atoms with Gasteiger partial charge in [-0.05, 0) is 42.2 Å². The summed E-state index contributed by atoms with van der Waals surface area (Å²) in [5.41, 5.74) is 3.28. The zero-order chi connectivity index (χ0) is 19.9. The number of nitrogens with zero attached hydrogens (tertiary/aromatic N) is 2. The highest BCUT2D eigenvalue weighted by atomic mass is 32.2. The van der Waals surface area contributed by atoms with Crippen LogP contribution in [0.2, 0.25) is 0 Å². The Bertz CT molecular complexity index is 1170. The Kier molecular flexibility index (Phi) is 4.64. The molecule has 6 nitrogen and oxygen atoms in total. The predicted molar refractivity (Wildman–Crippen MR) is 107 cm³/mol. The van der Waals surface area contributed by atoms with Crippen molar-refractivity contribution in [3.8, 4) is 0 Å². The number of amides is 1. The Hall–Kier alpha value is -2.77. The van der Waals surface area contributed by atoms with Crippen LogP contribution in [0.5, 0.6) is 0 Å². The van der Waals surface area contributed by atoms with Crippen molar-refractivity contribution in [3.05, 3.63) is 71.4 Å². The summed E-state index contributed by atoms with van der Waals surface area (Å²) in [4.78, 5) is 17.0. The second kappa shape index (κ2) is 7.00. The van der Waals surface area contributed by atoms with E-state index in [0.717, 1.165) is 22.1 Å². The summed E-state index contributed by atoms with van der Waals surface area (Å²) in [6, 6.07) is 13.8. The van der Waals surface area contributed by atoms with Gasteiger partial charge in [0, 0.05) is 25.2 Å². The van der Waals surface area contributed by atoms with Gasteiger partial charge in [-0.25, -0.2) is 8.42 Å². The van der Waals surface area contributed by atoms with Crippen LogP contribution in [0.4, 0.5) is 0 Å². The van der Waals surface area contributed by atoms with Gasteiger partial charge in [0.25, 0.3) is 0 Å². The predicted octanol–water partition coefficient (Wildman–Crippen LogP) is 2.40. The summed E-state index contributed by atoms with van der Waals surface area (Å²) < 4.78 is 28.6. The summed E-state index contributed by atoms with van der Waals surface area (Å²) in [7, 11) is -2.41.